The molecule has 150 valence electrons. The molecule has 2 aromatic rings. The third-order valence-electron chi connectivity index (χ3n) is 4.63. The van der Waals surface area contributed by atoms with E-state index in [-0.39, 0.29) is 11.8 Å². The molecule has 4 N–H and O–H groups in total. The van der Waals surface area contributed by atoms with Gasteiger partial charge in [0.2, 0.25) is 0 Å². The van der Waals surface area contributed by atoms with Gasteiger partial charge < -0.3 is 20.7 Å². The molecule has 0 saturated carbocycles. The van der Waals surface area contributed by atoms with Gasteiger partial charge in [0.05, 0.1) is 24.9 Å². The minimum absolute atomic E-state index is 0.0947. The van der Waals surface area contributed by atoms with Gasteiger partial charge in [-0.05, 0) is 49.4 Å². The second-order valence-corrected chi connectivity index (χ2v) is 8.23. The molecule has 1 aliphatic carbocycles. The normalized spacial score (nSPS) is 12.5. The van der Waals surface area contributed by atoms with Gasteiger partial charge in [-0.15, -0.1) is 11.3 Å². The van der Waals surface area contributed by atoms with E-state index in [1.807, 2.05) is 5.32 Å². The maximum Gasteiger partial charge on any atom is 0.280 e. The van der Waals surface area contributed by atoms with Crippen LogP contribution in [-0.4, -0.2) is 32.0 Å². The summed E-state index contributed by atoms with van der Waals surface area (Å²) in [7, 11) is 1.54. The number of amides is 2. The number of hydrogen-bond acceptors (Lipinski definition) is 4. The Kier molecular flexibility index (Phi) is 6.93. The fourth-order valence-corrected chi connectivity index (χ4v) is 4.79. The van der Waals surface area contributed by atoms with Crippen molar-refractivity contribution >= 4 is 45.4 Å². The topological polar surface area (TPSA) is 84.0 Å². The average molecular weight is 423 g/mol. The first-order valence-corrected chi connectivity index (χ1v) is 10.6. The van der Waals surface area contributed by atoms with E-state index in [9.17, 15) is 9.59 Å². The van der Waals surface area contributed by atoms with Gasteiger partial charge in [-0.1, -0.05) is 18.5 Å². The largest absolute Gasteiger partial charge is 0.495 e. The van der Waals surface area contributed by atoms with Gasteiger partial charge in [-0.3, -0.25) is 9.59 Å². The number of benzene rings is 1. The number of carbonyl (C=O) groups is 2. The van der Waals surface area contributed by atoms with Crippen LogP contribution in [0.3, 0.4) is 0 Å². The summed E-state index contributed by atoms with van der Waals surface area (Å²) in [4.78, 5) is 26.6. The van der Waals surface area contributed by atoms with Crippen LogP contribution in [0.25, 0.3) is 0 Å². The highest BCUT2D eigenvalue weighted by atomic mass is 35.5. The summed E-state index contributed by atoms with van der Waals surface area (Å²) in [5, 5.41) is 8.93. The zero-order valence-corrected chi connectivity index (χ0v) is 17.6. The summed E-state index contributed by atoms with van der Waals surface area (Å²) < 4.78 is 5.32. The first kappa shape index (κ1) is 20.6. The van der Waals surface area contributed by atoms with Crippen molar-refractivity contribution in [1.82, 2.24) is 0 Å². The number of aryl methyl sites for hydroxylation is 1. The van der Waals surface area contributed by atoms with Gasteiger partial charge in [0.1, 0.15) is 10.8 Å². The predicted molar refractivity (Wildman–Crippen MR) is 113 cm³/mol. The number of hydrogen-bond donors (Lipinski definition) is 3. The van der Waals surface area contributed by atoms with Gasteiger partial charge in [0.15, 0.2) is 6.54 Å². The van der Waals surface area contributed by atoms with E-state index in [0.29, 0.717) is 33.6 Å². The molecule has 1 aromatic carbocycles. The highest BCUT2D eigenvalue weighted by Gasteiger charge is 2.28. The molecule has 0 aliphatic heterocycles. The van der Waals surface area contributed by atoms with Crippen LogP contribution >= 0.6 is 22.9 Å². The monoisotopic (exact) mass is 422 g/mol. The molecule has 8 heteroatoms. The average Bonchev–Trinajstić information content (AvgIpc) is 3.22. The molecule has 0 bridgehead atoms. The lowest BCUT2D eigenvalue weighted by atomic mass is 10.1. The van der Waals surface area contributed by atoms with Gasteiger partial charge in [0.25, 0.3) is 11.8 Å². The van der Waals surface area contributed by atoms with Crippen LogP contribution in [0.4, 0.5) is 10.7 Å². The van der Waals surface area contributed by atoms with Gasteiger partial charge in [-0.2, -0.15) is 0 Å². The Balaban J connectivity index is 1.83. The molecule has 0 radical (unpaired) electrons. The maximum atomic E-state index is 13.1. The van der Waals surface area contributed by atoms with Crippen LogP contribution < -0.4 is 20.7 Å². The van der Waals surface area contributed by atoms with E-state index >= 15 is 0 Å². The molecular formula is C20H25ClN3O3S+. The van der Waals surface area contributed by atoms with Gasteiger partial charge in [-0.25, -0.2) is 0 Å². The van der Waals surface area contributed by atoms with E-state index < -0.39 is 0 Å². The molecule has 1 aromatic heterocycles. The van der Waals surface area contributed by atoms with Crippen LogP contribution in [0.2, 0.25) is 5.02 Å². The summed E-state index contributed by atoms with van der Waals surface area (Å²) in [6, 6.07) is 5.07. The lowest BCUT2D eigenvalue weighted by Crippen LogP contribution is -2.86. The molecule has 1 heterocycles. The first-order chi connectivity index (χ1) is 13.5. The summed E-state index contributed by atoms with van der Waals surface area (Å²) in [5.41, 5.74) is 2.10. The summed E-state index contributed by atoms with van der Waals surface area (Å²) in [6.45, 7) is 3.32. The Morgan fingerprint density at radius 1 is 1.29 bits per heavy atom. The van der Waals surface area contributed by atoms with Crippen molar-refractivity contribution in [2.24, 2.45) is 0 Å². The zero-order chi connectivity index (χ0) is 20.1. The lowest BCUT2D eigenvalue weighted by molar-refractivity contribution is -0.643. The van der Waals surface area contributed by atoms with Gasteiger partial charge >= 0.3 is 0 Å². The summed E-state index contributed by atoms with van der Waals surface area (Å²) in [5.74, 6) is 0.181. The van der Waals surface area contributed by atoms with E-state index in [1.54, 1.807) is 25.3 Å². The molecule has 1 aliphatic rings. The predicted octanol–water partition coefficient (Wildman–Crippen LogP) is 3.06. The molecular weight excluding hydrogens is 398 g/mol. The number of carbonyl (C=O) groups excluding carboxylic acids is 2. The van der Waals surface area contributed by atoms with Crippen molar-refractivity contribution < 1.29 is 19.6 Å². The SMILES string of the molecule is CCC[NH2+]CC(=O)Nc1sc2c(c1C(=O)Nc1cc(Cl)ccc1OC)CCC2. The minimum Gasteiger partial charge on any atom is -0.495 e. The second kappa shape index (κ2) is 9.41. The maximum absolute atomic E-state index is 13.1. The van der Waals surface area contributed by atoms with Crippen molar-refractivity contribution in [3.63, 3.8) is 0 Å². The summed E-state index contributed by atoms with van der Waals surface area (Å²) in [6.07, 6.45) is 3.83. The molecule has 28 heavy (non-hydrogen) atoms. The number of rotatable bonds is 8. The number of methoxy groups -OCH3 is 1. The van der Waals surface area contributed by atoms with Crippen LogP contribution in [0, 0.1) is 0 Å². The number of halogens is 1. The van der Waals surface area contributed by atoms with E-state index in [4.69, 9.17) is 16.3 Å². The number of nitrogens with one attached hydrogen (secondary N) is 2. The van der Waals surface area contributed by atoms with Crippen LogP contribution in [0.15, 0.2) is 18.2 Å². The minimum atomic E-state index is -0.257. The van der Waals surface area contributed by atoms with Crippen molar-refractivity contribution in [2.45, 2.75) is 32.6 Å². The van der Waals surface area contributed by atoms with Crippen LogP contribution in [0.1, 0.15) is 40.6 Å². The lowest BCUT2D eigenvalue weighted by Gasteiger charge is -2.12. The van der Waals surface area contributed by atoms with Crippen molar-refractivity contribution in [3.8, 4) is 5.75 Å². The third kappa shape index (κ3) is 4.66. The van der Waals surface area contributed by atoms with Gasteiger partial charge in [0, 0.05) is 9.90 Å². The fraction of sp³-hybridized carbons (Fsp3) is 0.400. The third-order valence-corrected chi connectivity index (χ3v) is 6.08. The Hall–Kier alpha value is -2.09. The zero-order valence-electron chi connectivity index (χ0n) is 16.1. The summed E-state index contributed by atoms with van der Waals surface area (Å²) >= 11 is 7.58. The fourth-order valence-electron chi connectivity index (χ4n) is 3.31. The first-order valence-electron chi connectivity index (χ1n) is 9.44. The number of quaternary nitrogens is 1. The van der Waals surface area contributed by atoms with E-state index in [2.05, 4.69) is 17.6 Å². The molecule has 2 amide bonds. The van der Waals surface area contributed by atoms with Crippen molar-refractivity contribution in [2.75, 3.05) is 30.8 Å². The Labute approximate surface area is 173 Å². The van der Waals surface area contributed by atoms with Crippen molar-refractivity contribution in [1.29, 1.82) is 0 Å². The quantitative estimate of drug-likeness (QED) is 0.571. The Morgan fingerprint density at radius 3 is 2.86 bits per heavy atom. The smallest absolute Gasteiger partial charge is 0.280 e. The van der Waals surface area contributed by atoms with Crippen LogP contribution in [-0.2, 0) is 17.6 Å². The number of ether oxygens (including phenoxy) is 1. The number of nitrogens with two attached hydrogens (primary N) is 1. The molecule has 3 rings (SSSR count). The second-order valence-electron chi connectivity index (χ2n) is 6.69. The Bertz CT molecular complexity index is 882. The highest BCUT2D eigenvalue weighted by Crippen LogP contribution is 2.40. The number of thiophene rings is 1. The Morgan fingerprint density at radius 2 is 2.11 bits per heavy atom. The molecule has 0 unspecified atom stereocenters. The van der Waals surface area contributed by atoms with Crippen LogP contribution in [0.5, 0.6) is 5.75 Å². The standard InChI is InChI=1S/C20H24ClN3O3S/c1-3-9-22-11-17(25)24-20-18(13-5-4-6-16(13)28-20)19(26)23-14-10-12(21)7-8-15(14)27-2/h7-8,10,22H,3-6,9,11H2,1-2H3,(H,23,26)(H,24,25)/p+1. The van der Waals surface area contributed by atoms with E-state index in [0.717, 1.165) is 37.8 Å². The number of anilines is 2. The van der Waals surface area contributed by atoms with Crippen molar-refractivity contribution in [3.05, 3.63) is 39.2 Å². The molecule has 0 saturated heterocycles. The molecule has 6 nitrogen and oxygen atoms in total. The molecule has 0 fully saturated rings. The van der Waals surface area contributed by atoms with E-state index in [1.165, 1.54) is 16.2 Å². The molecule has 0 atom stereocenters. The molecule has 0 spiro atoms. The number of fused-ring (bicyclic) bond motifs is 1. The highest BCUT2D eigenvalue weighted by molar-refractivity contribution is 7.17.